The summed E-state index contributed by atoms with van der Waals surface area (Å²) in [6.07, 6.45) is 6.40. The zero-order valence-corrected chi connectivity index (χ0v) is 19.0. The molecule has 3 nitrogen and oxygen atoms in total. The van der Waals surface area contributed by atoms with E-state index in [-0.39, 0.29) is 17.8 Å². The molecule has 0 radical (unpaired) electrons. The standard InChI is InChI=1S/C26H35NO2/c1-8-10-11-12-21-22(20-15-13-19(7)14-16-20)23(26(28)29-9-2)25(18(5)6)27-24(21)17(3)4/h11-18H,8-10H2,1-7H3/b12-11+. The van der Waals surface area contributed by atoms with Crippen LogP contribution in [0.15, 0.2) is 30.3 Å². The first-order valence-corrected chi connectivity index (χ1v) is 10.8. The van der Waals surface area contributed by atoms with Crippen molar-refractivity contribution in [2.45, 2.75) is 73.1 Å². The molecule has 0 fully saturated rings. The van der Waals surface area contributed by atoms with Gasteiger partial charge in [0.05, 0.1) is 23.6 Å². The van der Waals surface area contributed by atoms with Crippen molar-refractivity contribution in [1.29, 1.82) is 0 Å². The van der Waals surface area contributed by atoms with E-state index in [4.69, 9.17) is 9.72 Å². The molecular formula is C26H35NO2. The highest BCUT2D eigenvalue weighted by molar-refractivity contribution is 6.01. The first kappa shape index (κ1) is 22.9. The number of benzene rings is 1. The van der Waals surface area contributed by atoms with E-state index in [0.29, 0.717) is 12.2 Å². The summed E-state index contributed by atoms with van der Waals surface area (Å²) < 4.78 is 5.48. The fraction of sp³-hybridized carbons (Fsp3) is 0.462. The summed E-state index contributed by atoms with van der Waals surface area (Å²) in [5.41, 5.74) is 6.65. The number of hydrogen-bond acceptors (Lipinski definition) is 3. The van der Waals surface area contributed by atoms with E-state index < -0.39 is 0 Å². The van der Waals surface area contributed by atoms with Gasteiger partial charge in [0.25, 0.3) is 0 Å². The largest absolute Gasteiger partial charge is 0.462 e. The molecule has 0 spiro atoms. The average molecular weight is 394 g/mol. The van der Waals surface area contributed by atoms with Gasteiger partial charge in [0.2, 0.25) is 0 Å². The van der Waals surface area contributed by atoms with E-state index >= 15 is 0 Å². The molecule has 0 bridgehead atoms. The minimum absolute atomic E-state index is 0.116. The Labute approximate surface area is 176 Å². The predicted molar refractivity (Wildman–Crippen MR) is 122 cm³/mol. The second-order valence-electron chi connectivity index (χ2n) is 8.13. The quantitative estimate of drug-likeness (QED) is 0.442. The van der Waals surface area contributed by atoms with Gasteiger partial charge < -0.3 is 4.74 Å². The van der Waals surface area contributed by atoms with E-state index in [1.54, 1.807) is 0 Å². The van der Waals surface area contributed by atoms with Crippen molar-refractivity contribution in [3.05, 3.63) is 58.4 Å². The Balaban J connectivity index is 2.96. The average Bonchev–Trinajstić information content (AvgIpc) is 2.68. The maximum Gasteiger partial charge on any atom is 0.340 e. The Kier molecular flexibility index (Phi) is 8.19. The predicted octanol–water partition coefficient (Wildman–Crippen LogP) is 7.29. The number of carbonyl (C=O) groups excluding carboxylic acids is 1. The van der Waals surface area contributed by atoms with Crippen molar-refractivity contribution in [1.82, 2.24) is 4.98 Å². The Hall–Kier alpha value is -2.42. The zero-order valence-electron chi connectivity index (χ0n) is 19.0. The molecule has 0 N–H and O–H groups in total. The second-order valence-corrected chi connectivity index (χ2v) is 8.13. The summed E-state index contributed by atoms with van der Waals surface area (Å²) in [6, 6.07) is 8.38. The maximum absolute atomic E-state index is 13.1. The van der Waals surface area contributed by atoms with Crippen molar-refractivity contribution in [2.24, 2.45) is 0 Å². The summed E-state index contributed by atoms with van der Waals surface area (Å²) in [5.74, 6) is 0.0683. The second kappa shape index (κ2) is 10.4. The molecule has 1 aromatic carbocycles. The Morgan fingerprint density at radius 2 is 1.66 bits per heavy atom. The van der Waals surface area contributed by atoms with Gasteiger partial charge in [-0.15, -0.1) is 0 Å². The molecule has 0 saturated heterocycles. The molecule has 2 rings (SSSR count). The third-order valence-corrected chi connectivity index (χ3v) is 4.95. The normalized spacial score (nSPS) is 11.6. The van der Waals surface area contributed by atoms with Gasteiger partial charge in [-0.05, 0) is 37.7 Å². The molecule has 0 amide bonds. The minimum Gasteiger partial charge on any atom is -0.462 e. The molecule has 2 aromatic rings. The highest BCUT2D eigenvalue weighted by Gasteiger charge is 2.27. The van der Waals surface area contributed by atoms with E-state index in [2.05, 4.69) is 78.0 Å². The van der Waals surface area contributed by atoms with Crippen LogP contribution in [0, 0.1) is 6.92 Å². The lowest BCUT2D eigenvalue weighted by molar-refractivity contribution is 0.0525. The van der Waals surface area contributed by atoms with Crippen LogP contribution in [0.4, 0.5) is 0 Å². The van der Waals surface area contributed by atoms with Crippen molar-refractivity contribution in [3.63, 3.8) is 0 Å². The number of esters is 1. The zero-order chi connectivity index (χ0) is 21.6. The van der Waals surface area contributed by atoms with Gasteiger partial charge in [-0.1, -0.05) is 83.0 Å². The lowest BCUT2D eigenvalue weighted by Gasteiger charge is -2.23. The van der Waals surface area contributed by atoms with E-state index in [9.17, 15) is 4.79 Å². The highest BCUT2D eigenvalue weighted by atomic mass is 16.5. The lowest BCUT2D eigenvalue weighted by Crippen LogP contribution is -2.16. The Morgan fingerprint density at radius 3 is 2.17 bits per heavy atom. The smallest absolute Gasteiger partial charge is 0.340 e. The fourth-order valence-corrected chi connectivity index (χ4v) is 3.46. The molecular weight excluding hydrogens is 358 g/mol. The van der Waals surface area contributed by atoms with Crippen LogP contribution in [-0.2, 0) is 4.74 Å². The van der Waals surface area contributed by atoms with Gasteiger partial charge in [0.15, 0.2) is 0 Å². The summed E-state index contributed by atoms with van der Waals surface area (Å²) in [4.78, 5) is 18.1. The molecule has 156 valence electrons. The molecule has 0 aliphatic carbocycles. The van der Waals surface area contributed by atoms with Gasteiger partial charge in [0, 0.05) is 11.1 Å². The number of nitrogens with zero attached hydrogens (tertiary/aromatic N) is 1. The number of carbonyl (C=O) groups is 1. The number of aromatic nitrogens is 1. The molecule has 3 heteroatoms. The van der Waals surface area contributed by atoms with Gasteiger partial charge in [0.1, 0.15) is 0 Å². The molecule has 0 aliphatic rings. The Morgan fingerprint density at radius 1 is 1.03 bits per heavy atom. The summed E-state index contributed by atoms with van der Waals surface area (Å²) >= 11 is 0. The first-order chi connectivity index (χ1) is 13.8. The minimum atomic E-state index is -0.292. The van der Waals surface area contributed by atoms with Crippen LogP contribution in [-0.4, -0.2) is 17.6 Å². The number of aryl methyl sites for hydroxylation is 1. The molecule has 1 heterocycles. The van der Waals surface area contributed by atoms with Crippen molar-refractivity contribution in [2.75, 3.05) is 6.61 Å². The molecule has 29 heavy (non-hydrogen) atoms. The molecule has 1 aromatic heterocycles. The third kappa shape index (κ3) is 5.35. The summed E-state index contributed by atoms with van der Waals surface area (Å²) in [6.45, 7) is 14.9. The van der Waals surface area contributed by atoms with Crippen LogP contribution in [0.5, 0.6) is 0 Å². The number of pyridine rings is 1. The van der Waals surface area contributed by atoms with Crippen LogP contribution in [0.2, 0.25) is 0 Å². The van der Waals surface area contributed by atoms with Crippen molar-refractivity contribution in [3.8, 4) is 11.1 Å². The number of rotatable bonds is 8. The number of unbranched alkanes of at least 4 members (excludes halogenated alkanes) is 1. The number of hydrogen-bond donors (Lipinski definition) is 0. The van der Waals surface area contributed by atoms with E-state index in [1.807, 2.05) is 6.92 Å². The summed E-state index contributed by atoms with van der Waals surface area (Å²) in [7, 11) is 0. The van der Waals surface area contributed by atoms with Gasteiger partial charge >= 0.3 is 5.97 Å². The highest BCUT2D eigenvalue weighted by Crippen LogP contribution is 2.38. The van der Waals surface area contributed by atoms with Crippen LogP contribution in [0.1, 0.15) is 99.1 Å². The van der Waals surface area contributed by atoms with Crippen LogP contribution < -0.4 is 0 Å². The van der Waals surface area contributed by atoms with Crippen molar-refractivity contribution < 1.29 is 9.53 Å². The molecule has 0 unspecified atom stereocenters. The van der Waals surface area contributed by atoms with E-state index in [0.717, 1.165) is 40.9 Å². The fourth-order valence-electron chi connectivity index (χ4n) is 3.46. The van der Waals surface area contributed by atoms with Gasteiger partial charge in [-0.2, -0.15) is 0 Å². The molecule has 0 aliphatic heterocycles. The molecule has 0 saturated carbocycles. The number of allylic oxidation sites excluding steroid dienone is 1. The van der Waals surface area contributed by atoms with Crippen LogP contribution in [0.25, 0.3) is 17.2 Å². The first-order valence-electron chi connectivity index (χ1n) is 10.8. The van der Waals surface area contributed by atoms with E-state index in [1.165, 1.54) is 5.56 Å². The topological polar surface area (TPSA) is 39.2 Å². The lowest BCUT2D eigenvalue weighted by atomic mass is 9.86. The van der Waals surface area contributed by atoms with Crippen molar-refractivity contribution >= 4 is 12.0 Å². The van der Waals surface area contributed by atoms with Gasteiger partial charge in [-0.3, -0.25) is 4.98 Å². The summed E-state index contributed by atoms with van der Waals surface area (Å²) in [5, 5.41) is 0. The number of ether oxygens (including phenoxy) is 1. The SMILES string of the molecule is CCC/C=C/c1c(C(C)C)nc(C(C)C)c(C(=O)OCC)c1-c1ccc(C)cc1. The monoisotopic (exact) mass is 393 g/mol. The van der Waals surface area contributed by atoms with Crippen LogP contribution >= 0.6 is 0 Å². The van der Waals surface area contributed by atoms with Gasteiger partial charge in [-0.25, -0.2) is 4.79 Å². The molecule has 0 atom stereocenters. The van der Waals surface area contributed by atoms with Crippen LogP contribution in [0.3, 0.4) is 0 Å². The third-order valence-electron chi connectivity index (χ3n) is 4.95. The maximum atomic E-state index is 13.1. The Bertz CT molecular complexity index is 861.